The molecule has 84 valence electrons. The van der Waals surface area contributed by atoms with Crippen LogP contribution in [0.3, 0.4) is 0 Å². The SMILES string of the molecule is Nc1c(C(F)F)cc(F)nc1S(=O)(=O)Cl. The first kappa shape index (κ1) is 12.1. The van der Waals surface area contributed by atoms with Crippen molar-refractivity contribution < 1.29 is 21.6 Å². The summed E-state index contributed by atoms with van der Waals surface area (Å²) in [4.78, 5) is 2.84. The molecule has 1 rings (SSSR count). The third kappa shape index (κ3) is 2.51. The van der Waals surface area contributed by atoms with Crippen LogP contribution >= 0.6 is 10.7 Å². The summed E-state index contributed by atoms with van der Waals surface area (Å²) in [5, 5.41) is -1.10. The first-order valence-corrected chi connectivity index (χ1v) is 5.73. The van der Waals surface area contributed by atoms with Gasteiger partial charge in [-0.05, 0) is 0 Å². The largest absolute Gasteiger partial charge is 0.396 e. The van der Waals surface area contributed by atoms with Crippen molar-refractivity contribution in [1.29, 1.82) is 0 Å². The molecule has 0 saturated heterocycles. The lowest BCUT2D eigenvalue weighted by Gasteiger charge is -2.07. The summed E-state index contributed by atoms with van der Waals surface area (Å²) >= 11 is 0. The molecule has 0 amide bonds. The molecule has 0 aliphatic carbocycles. The van der Waals surface area contributed by atoms with Gasteiger partial charge in [0.1, 0.15) is 0 Å². The number of halogens is 4. The van der Waals surface area contributed by atoms with E-state index in [-0.39, 0.29) is 0 Å². The lowest BCUT2D eigenvalue weighted by Crippen LogP contribution is -2.07. The first-order valence-electron chi connectivity index (χ1n) is 3.42. The number of nitrogen functional groups attached to an aromatic ring is 1. The maximum Gasteiger partial charge on any atom is 0.280 e. The van der Waals surface area contributed by atoms with Crippen molar-refractivity contribution in [2.45, 2.75) is 11.5 Å². The number of alkyl halides is 2. The van der Waals surface area contributed by atoms with Crippen molar-refractivity contribution in [3.63, 3.8) is 0 Å². The highest BCUT2D eigenvalue weighted by Crippen LogP contribution is 2.30. The molecule has 9 heteroatoms. The number of aromatic nitrogens is 1. The second-order valence-electron chi connectivity index (χ2n) is 2.49. The Bertz CT molecular complexity index is 491. The van der Waals surface area contributed by atoms with Gasteiger partial charge < -0.3 is 5.73 Å². The van der Waals surface area contributed by atoms with E-state index in [0.29, 0.717) is 6.07 Å². The fourth-order valence-electron chi connectivity index (χ4n) is 0.885. The minimum atomic E-state index is -4.45. The van der Waals surface area contributed by atoms with Crippen molar-refractivity contribution in [2.75, 3.05) is 5.73 Å². The molecule has 15 heavy (non-hydrogen) atoms. The van der Waals surface area contributed by atoms with E-state index in [0.717, 1.165) is 0 Å². The third-order valence-corrected chi connectivity index (χ3v) is 2.70. The number of pyridine rings is 1. The van der Waals surface area contributed by atoms with E-state index < -0.39 is 37.7 Å². The number of nitrogens with zero attached hydrogens (tertiary/aromatic N) is 1. The maximum absolute atomic E-state index is 12.7. The Balaban J connectivity index is 3.56. The number of hydrogen-bond acceptors (Lipinski definition) is 4. The molecule has 1 aromatic rings. The molecule has 2 N–H and O–H groups in total. The molecule has 1 heterocycles. The number of anilines is 1. The van der Waals surface area contributed by atoms with E-state index in [1.54, 1.807) is 0 Å². The zero-order valence-corrected chi connectivity index (χ0v) is 8.49. The Morgan fingerprint density at radius 3 is 2.40 bits per heavy atom. The van der Waals surface area contributed by atoms with Crippen molar-refractivity contribution in [3.05, 3.63) is 17.6 Å². The molecule has 0 unspecified atom stereocenters. The zero-order chi connectivity index (χ0) is 11.8. The van der Waals surface area contributed by atoms with Crippen LogP contribution in [0.25, 0.3) is 0 Å². The topological polar surface area (TPSA) is 73.0 Å². The fourth-order valence-corrected chi connectivity index (χ4v) is 1.82. The molecule has 0 aliphatic heterocycles. The second kappa shape index (κ2) is 3.86. The molecular formula is C6H4ClF3N2O2S. The average molecular weight is 261 g/mol. The van der Waals surface area contributed by atoms with Gasteiger partial charge >= 0.3 is 0 Å². The zero-order valence-electron chi connectivity index (χ0n) is 6.92. The van der Waals surface area contributed by atoms with Crippen LogP contribution in [0.2, 0.25) is 0 Å². The molecule has 4 nitrogen and oxygen atoms in total. The van der Waals surface area contributed by atoms with E-state index in [1.807, 2.05) is 0 Å². The van der Waals surface area contributed by atoms with Gasteiger partial charge in [0.25, 0.3) is 15.5 Å². The van der Waals surface area contributed by atoms with E-state index in [1.165, 1.54) is 0 Å². The van der Waals surface area contributed by atoms with E-state index >= 15 is 0 Å². The average Bonchev–Trinajstić information content (AvgIpc) is 2.06. The van der Waals surface area contributed by atoms with Crippen LogP contribution < -0.4 is 5.73 Å². The van der Waals surface area contributed by atoms with Crippen molar-refractivity contribution in [2.24, 2.45) is 0 Å². The molecule has 0 fully saturated rings. The van der Waals surface area contributed by atoms with Crippen molar-refractivity contribution in [1.82, 2.24) is 4.98 Å². The monoisotopic (exact) mass is 260 g/mol. The Kier molecular flexibility index (Phi) is 3.10. The van der Waals surface area contributed by atoms with E-state index in [9.17, 15) is 21.6 Å². The lowest BCUT2D eigenvalue weighted by molar-refractivity contribution is 0.151. The number of nitrogens with two attached hydrogens (primary N) is 1. The second-order valence-corrected chi connectivity index (χ2v) is 4.97. The first-order chi connectivity index (χ1) is 6.73. The van der Waals surface area contributed by atoms with Gasteiger partial charge in [0.05, 0.1) is 5.69 Å². The van der Waals surface area contributed by atoms with Gasteiger partial charge in [0.2, 0.25) is 5.95 Å². The standard InChI is InChI=1S/C6H4ClF3N2O2S/c7-15(13,14)6-4(11)2(5(9)10)1-3(8)12-6/h1,5H,11H2. The third-order valence-electron chi connectivity index (χ3n) is 1.49. The number of hydrogen-bond donors (Lipinski definition) is 1. The molecular weight excluding hydrogens is 257 g/mol. The lowest BCUT2D eigenvalue weighted by atomic mass is 10.2. The molecule has 0 aliphatic rings. The van der Waals surface area contributed by atoms with Crippen LogP contribution in [0, 0.1) is 5.95 Å². The van der Waals surface area contributed by atoms with Gasteiger partial charge in [0.15, 0.2) is 5.03 Å². The molecule has 0 radical (unpaired) electrons. The summed E-state index contributed by atoms with van der Waals surface area (Å²) in [5.41, 5.74) is 3.26. The van der Waals surface area contributed by atoms with Gasteiger partial charge in [-0.25, -0.2) is 22.2 Å². The van der Waals surface area contributed by atoms with Crippen LogP contribution in [0.5, 0.6) is 0 Å². The van der Waals surface area contributed by atoms with Crippen LogP contribution in [-0.4, -0.2) is 13.4 Å². The summed E-state index contributed by atoms with van der Waals surface area (Å²) in [5.74, 6) is -1.39. The van der Waals surface area contributed by atoms with Gasteiger partial charge in [-0.3, -0.25) is 0 Å². The predicted molar refractivity (Wildman–Crippen MR) is 46.6 cm³/mol. The smallest absolute Gasteiger partial charge is 0.280 e. The quantitative estimate of drug-likeness (QED) is 0.648. The highest BCUT2D eigenvalue weighted by molar-refractivity contribution is 8.13. The summed E-state index contributed by atoms with van der Waals surface area (Å²) < 4.78 is 58.8. The Hall–Kier alpha value is -1.02. The summed E-state index contributed by atoms with van der Waals surface area (Å²) in [6.07, 6.45) is -3.11. The molecule has 0 atom stereocenters. The minimum Gasteiger partial charge on any atom is -0.396 e. The molecule has 0 aromatic carbocycles. The summed E-state index contributed by atoms with van der Waals surface area (Å²) in [6.45, 7) is 0. The van der Waals surface area contributed by atoms with Crippen LogP contribution in [0.15, 0.2) is 11.1 Å². The Labute approximate surface area is 87.3 Å². The van der Waals surface area contributed by atoms with Gasteiger partial charge in [-0.15, -0.1) is 0 Å². The molecule has 0 bridgehead atoms. The van der Waals surface area contributed by atoms with Gasteiger partial charge in [-0.1, -0.05) is 0 Å². The van der Waals surface area contributed by atoms with Crippen LogP contribution in [-0.2, 0) is 9.05 Å². The van der Waals surface area contributed by atoms with E-state index in [4.69, 9.17) is 16.4 Å². The highest BCUT2D eigenvalue weighted by atomic mass is 35.7. The van der Waals surface area contributed by atoms with Gasteiger partial charge in [-0.2, -0.15) is 4.39 Å². The Morgan fingerprint density at radius 2 is 2.00 bits per heavy atom. The number of rotatable bonds is 2. The highest BCUT2D eigenvalue weighted by Gasteiger charge is 2.24. The van der Waals surface area contributed by atoms with Crippen molar-refractivity contribution >= 4 is 25.4 Å². The molecule has 1 aromatic heterocycles. The summed E-state index contributed by atoms with van der Waals surface area (Å²) in [6, 6.07) is 0.353. The van der Waals surface area contributed by atoms with Gasteiger partial charge in [0, 0.05) is 22.3 Å². The predicted octanol–water partition coefficient (Wildman–Crippen LogP) is 1.67. The van der Waals surface area contributed by atoms with Crippen molar-refractivity contribution in [3.8, 4) is 0 Å². The maximum atomic E-state index is 12.7. The van der Waals surface area contributed by atoms with Crippen LogP contribution in [0.4, 0.5) is 18.9 Å². The Morgan fingerprint density at radius 1 is 1.47 bits per heavy atom. The molecule has 0 spiro atoms. The minimum absolute atomic E-state index is 0.353. The van der Waals surface area contributed by atoms with E-state index in [2.05, 4.69) is 4.98 Å². The normalized spacial score (nSPS) is 12.1. The fraction of sp³-hybridized carbons (Fsp3) is 0.167. The molecule has 0 saturated carbocycles. The summed E-state index contributed by atoms with van der Waals surface area (Å²) in [7, 11) is 0.381. The van der Waals surface area contributed by atoms with Crippen LogP contribution in [0.1, 0.15) is 12.0 Å².